The molecule has 1 amide bonds. The van der Waals surface area contributed by atoms with Crippen molar-refractivity contribution in [2.75, 3.05) is 6.54 Å². The Balaban J connectivity index is 1.43. The number of carbonyl (C=O) groups excluding carboxylic acids is 1. The summed E-state index contributed by atoms with van der Waals surface area (Å²) in [5, 5.41) is 10.8. The lowest BCUT2D eigenvalue weighted by Crippen LogP contribution is -2.28. The van der Waals surface area contributed by atoms with Gasteiger partial charge in [-0.2, -0.15) is 5.10 Å². The maximum absolute atomic E-state index is 12.6. The second-order valence-electron chi connectivity index (χ2n) is 7.23. The molecule has 1 aromatic heterocycles. The van der Waals surface area contributed by atoms with E-state index in [0.717, 1.165) is 6.42 Å². The lowest BCUT2D eigenvalue weighted by Gasteiger charge is -2.18. The summed E-state index contributed by atoms with van der Waals surface area (Å²) in [6.07, 6.45) is 0.915. The fraction of sp³-hybridized carbons (Fsp3) is 0.160. The van der Waals surface area contributed by atoms with E-state index >= 15 is 0 Å². The Morgan fingerprint density at radius 2 is 1.40 bits per heavy atom. The van der Waals surface area contributed by atoms with Crippen LogP contribution in [0.15, 0.2) is 89.7 Å². The van der Waals surface area contributed by atoms with Crippen molar-refractivity contribution in [1.29, 1.82) is 0 Å². The van der Waals surface area contributed by atoms with Crippen LogP contribution in [-0.2, 0) is 11.2 Å². The number of fused-ring (bicyclic) bond motifs is 1. The predicted molar refractivity (Wildman–Crippen MR) is 118 cm³/mol. The summed E-state index contributed by atoms with van der Waals surface area (Å²) in [6, 6.07) is 27.9. The molecule has 3 aromatic carbocycles. The second kappa shape index (κ2) is 9.18. The van der Waals surface area contributed by atoms with Gasteiger partial charge in [-0.15, -0.1) is 0 Å². The van der Waals surface area contributed by atoms with Gasteiger partial charge in [0.2, 0.25) is 5.91 Å². The first-order valence-electron chi connectivity index (χ1n) is 10.1. The Hall–Kier alpha value is -3.73. The average molecular weight is 397 g/mol. The number of aromatic nitrogens is 2. The number of aromatic amines is 1. The van der Waals surface area contributed by atoms with E-state index in [4.69, 9.17) is 0 Å². The number of nitrogens with zero attached hydrogens (tertiary/aromatic N) is 1. The van der Waals surface area contributed by atoms with Crippen LogP contribution in [0.25, 0.3) is 10.8 Å². The van der Waals surface area contributed by atoms with Gasteiger partial charge in [-0.05, 0) is 23.6 Å². The molecule has 4 aromatic rings. The first-order chi connectivity index (χ1) is 14.7. The first-order valence-corrected chi connectivity index (χ1v) is 10.1. The van der Waals surface area contributed by atoms with Gasteiger partial charge in [0.05, 0.1) is 17.5 Å². The number of benzene rings is 3. The fourth-order valence-corrected chi connectivity index (χ4v) is 3.77. The average Bonchev–Trinajstić information content (AvgIpc) is 2.80. The minimum atomic E-state index is -0.247. The molecule has 0 aliphatic heterocycles. The van der Waals surface area contributed by atoms with Crippen LogP contribution >= 0.6 is 0 Å². The molecule has 0 spiro atoms. The maximum atomic E-state index is 12.6. The zero-order valence-corrected chi connectivity index (χ0v) is 16.5. The van der Waals surface area contributed by atoms with Crippen LogP contribution in [0.3, 0.4) is 0 Å². The largest absolute Gasteiger partial charge is 0.356 e. The molecule has 30 heavy (non-hydrogen) atoms. The monoisotopic (exact) mass is 397 g/mol. The molecular formula is C25H23N3O2. The highest BCUT2D eigenvalue weighted by atomic mass is 16.1. The molecule has 0 aliphatic carbocycles. The minimum absolute atomic E-state index is 0.112. The highest BCUT2D eigenvalue weighted by molar-refractivity contribution is 5.88. The molecule has 1 heterocycles. The van der Waals surface area contributed by atoms with Gasteiger partial charge in [-0.1, -0.05) is 78.9 Å². The number of amides is 1. The number of nitrogens with one attached hydrogen (secondary N) is 2. The number of hydrogen-bond acceptors (Lipinski definition) is 3. The summed E-state index contributed by atoms with van der Waals surface area (Å²) in [4.78, 5) is 24.5. The molecule has 0 aliphatic rings. The quantitative estimate of drug-likeness (QED) is 0.498. The normalized spacial score (nSPS) is 11.0. The van der Waals surface area contributed by atoms with Crippen molar-refractivity contribution in [3.63, 3.8) is 0 Å². The molecular weight excluding hydrogens is 374 g/mol. The molecule has 0 unspecified atom stereocenters. The van der Waals surface area contributed by atoms with E-state index in [-0.39, 0.29) is 23.8 Å². The smallest absolute Gasteiger partial charge is 0.272 e. The van der Waals surface area contributed by atoms with Gasteiger partial charge in [0.25, 0.3) is 5.56 Å². The van der Waals surface area contributed by atoms with Crippen LogP contribution in [-0.4, -0.2) is 22.6 Å². The van der Waals surface area contributed by atoms with E-state index in [1.54, 1.807) is 12.1 Å². The second-order valence-corrected chi connectivity index (χ2v) is 7.23. The number of rotatable bonds is 7. The van der Waals surface area contributed by atoms with Crippen molar-refractivity contribution in [3.8, 4) is 0 Å². The summed E-state index contributed by atoms with van der Waals surface area (Å²) in [6.45, 7) is 0.550. The number of hydrogen-bond donors (Lipinski definition) is 2. The van der Waals surface area contributed by atoms with E-state index in [9.17, 15) is 9.59 Å². The highest BCUT2D eigenvalue weighted by Crippen LogP contribution is 2.27. The SMILES string of the molecule is O=C(Cc1n[nH]c(=O)c2ccccc12)NCCC(c1ccccc1)c1ccccc1. The van der Waals surface area contributed by atoms with Gasteiger partial charge < -0.3 is 5.32 Å². The van der Waals surface area contributed by atoms with Crippen LogP contribution < -0.4 is 10.9 Å². The lowest BCUT2D eigenvalue weighted by molar-refractivity contribution is -0.120. The molecule has 0 fully saturated rings. The Labute approximate surface area is 174 Å². The molecule has 150 valence electrons. The molecule has 0 saturated heterocycles. The van der Waals surface area contributed by atoms with Crippen molar-refractivity contribution < 1.29 is 4.79 Å². The third kappa shape index (κ3) is 4.46. The van der Waals surface area contributed by atoms with Crippen LogP contribution in [0.5, 0.6) is 0 Å². The van der Waals surface area contributed by atoms with Crippen molar-refractivity contribution in [1.82, 2.24) is 15.5 Å². The summed E-state index contributed by atoms with van der Waals surface area (Å²) in [5.41, 5.74) is 2.78. The maximum Gasteiger partial charge on any atom is 0.272 e. The fourth-order valence-electron chi connectivity index (χ4n) is 3.77. The third-order valence-corrected chi connectivity index (χ3v) is 5.26. The van der Waals surface area contributed by atoms with E-state index < -0.39 is 0 Å². The van der Waals surface area contributed by atoms with E-state index in [1.165, 1.54) is 11.1 Å². The summed E-state index contributed by atoms with van der Waals surface area (Å²) >= 11 is 0. The molecule has 5 heteroatoms. The van der Waals surface area contributed by atoms with Crippen molar-refractivity contribution in [3.05, 3.63) is 112 Å². The van der Waals surface area contributed by atoms with Crippen LogP contribution in [0, 0.1) is 0 Å². The van der Waals surface area contributed by atoms with Crippen molar-refractivity contribution in [2.45, 2.75) is 18.8 Å². The van der Waals surface area contributed by atoms with Gasteiger partial charge in [0.15, 0.2) is 0 Å². The van der Waals surface area contributed by atoms with Gasteiger partial charge in [0, 0.05) is 17.8 Å². The van der Waals surface area contributed by atoms with Crippen LogP contribution in [0.1, 0.15) is 29.2 Å². The molecule has 4 rings (SSSR count). The number of H-pyrrole nitrogens is 1. The van der Waals surface area contributed by atoms with Gasteiger partial charge in [-0.3, -0.25) is 9.59 Å². The standard InChI is InChI=1S/C25H23N3O2/c29-24(17-23-21-13-7-8-14-22(21)25(30)28-27-23)26-16-15-20(18-9-3-1-4-10-18)19-11-5-2-6-12-19/h1-14,20H,15-17H2,(H,26,29)(H,28,30). The van der Waals surface area contributed by atoms with E-state index in [0.29, 0.717) is 23.0 Å². The van der Waals surface area contributed by atoms with Crippen molar-refractivity contribution in [2.24, 2.45) is 0 Å². The third-order valence-electron chi connectivity index (χ3n) is 5.26. The molecule has 5 nitrogen and oxygen atoms in total. The van der Waals surface area contributed by atoms with Crippen LogP contribution in [0.4, 0.5) is 0 Å². The molecule has 0 saturated carbocycles. The predicted octanol–water partition coefficient (Wildman–Crippen LogP) is 3.80. The molecule has 0 radical (unpaired) electrons. The van der Waals surface area contributed by atoms with Gasteiger partial charge >= 0.3 is 0 Å². The van der Waals surface area contributed by atoms with Crippen LogP contribution in [0.2, 0.25) is 0 Å². The van der Waals surface area contributed by atoms with Crippen molar-refractivity contribution >= 4 is 16.7 Å². The zero-order valence-electron chi connectivity index (χ0n) is 16.5. The van der Waals surface area contributed by atoms with Gasteiger partial charge in [0.1, 0.15) is 0 Å². The zero-order chi connectivity index (χ0) is 20.8. The Morgan fingerprint density at radius 1 is 0.833 bits per heavy atom. The summed E-state index contributed by atoms with van der Waals surface area (Å²) < 4.78 is 0. The minimum Gasteiger partial charge on any atom is -0.356 e. The number of carbonyl (C=O) groups is 1. The van der Waals surface area contributed by atoms with Gasteiger partial charge in [-0.25, -0.2) is 5.10 Å². The Morgan fingerprint density at radius 3 is 2.03 bits per heavy atom. The highest BCUT2D eigenvalue weighted by Gasteiger charge is 2.15. The molecule has 2 N–H and O–H groups in total. The van der Waals surface area contributed by atoms with E-state index in [1.807, 2.05) is 48.5 Å². The first kappa shape index (κ1) is 19.6. The topological polar surface area (TPSA) is 74.8 Å². The summed E-state index contributed by atoms with van der Waals surface area (Å²) in [7, 11) is 0. The molecule has 0 bridgehead atoms. The van der Waals surface area contributed by atoms with E-state index in [2.05, 4.69) is 39.8 Å². The summed E-state index contributed by atoms with van der Waals surface area (Å²) in [5.74, 6) is 0.0966. The Bertz CT molecular complexity index is 1150. The lowest BCUT2D eigenvalue weighted by atomic mass is 9.88. The Kier molecular flexibility index (Phi) is 5.99. The molecule has 0 atom stereocenters.